The van der Waals surface area contributed by atoms with Gasteiger partial charge in [0.25, 0.3) is 0 Å². The van der Waals surface area contributed by atoms with Gasteiger partial charge in [-0.2, -0.15) is 5.10 Å². The lowest BCUT2D eigenvalue weighted by Gasteiger charge is -2.05. The van der Waals surface area contributed by atoms with Gasteiger partial charge in [-0.1, -0.05) is 12.1 Å². The van der Waals surface area contributed by atoms with Gasteiger partial charge in [-0.25, -0.2) is 4.79 Å². The van der Waals surface area contributed by atoms with Crippen molar-refractivity contribution < 1.29 is 9.53 Å². The summed E-state index contributed by atoms with van der Waals surface area (Å²) in [7, 11) is 0. The SMILES string of the molecule is CCOC(=O)c1[nH]c2cc[c]cc2c1-c1ccc2[nH]ncc2c1. The lowest BCUT2D eigenvalue weighted by atomic mass is 10.0. The Hall–Kier alpha value is -3.08. The third-order valence-electron chi connectivity index (χ3n) is 3.85. The highest BCUT2D eigenvalue weighted by atomic mass is 16.5. The molecule has 0 aliphatic carbocycles. The number of fused-ring (bicyclic) bond motifs is 2. The third-order valence-corrected chi connectivity index (χ3v) is 3.85. The van der Waals surface area contributed by atoms with E-state index >= 15 is 0 Å². The highest BCUT2D eigenvalue weighted by Crippen LogP contribution is 2.34. The number of nitrogens with one attached hydrogen (secondary N) is 2. The lowest BCUT2D eigenvalue weighted by Crippen LogP contribution is -2.06. The predicted octanol–water partition coefficient (Wildman–Crippen LogP) is 3.69. The largest absolute Gasteiger partial charge is 0.461 e. The van der Waals surface area contributed by atoms with E-state index in [9.17, 15) is 4.79 Å². The number of carbonyl (C=O) groups excluding carboxylic acids is 1. The average molecular weight is 304 g/mol. The molecular formula is C18H14N3O2. The molecule has 23 heavy (non-hydrogen) atoms. The molecule has 0 saturated heterocycles. The van der Waals surface area contributed by atoms with Crippen molar-refractivity contribution in [3.63, 3.8) is 0 Å². The quantitative estimate of drug-likeness (QED) is 0.567. The molecule has 0 aliphatic heterocycles. The van der Waals surface area contributed by atoms with Gasteiger partial charge in [-0.3, -0.25) is 5.10 Å². The smallest absolute Gasteiger partial charge is 0.355 e. The molecule has 0 saturated carbocycles. The van der Waals surface area contributed by atoms with Gasteiger partial charge in [0.15, 0.2) is 0 Å². The molecule has 0 bridgehead atoms. The van der Waals surface area contributed by atoms with Gasteiger partial charge in [0.05, 0.1) is 18.3 Å². The number of aromatic nitrogens is 3. The maximum Gasteiger partial charge on any atom is 0.355 e. The normalized spacial score (nSPS) is 11.2. The minimum Gasteiger partial charge on any atom is -0.461 e. The summed E-state index contributed by atoms with van der Waals surface area (Å²) in [4.78, 5) is 15.5. The van der Waals surface area contributed by atoms with Crippen molar-refractivity contribution in [2.45, 2.75) is 6.92 Å². The molecule has 0 spiro atoms. The van der Waals surface area contributed by atoms with Crippen molar-refractivity contribution in [3.05, 3.63) is 54.4 Å². The number of esters is 1. The Bertz CT molecular complexity index is 1010. The number of benzene rings is 2. The van der Waals surface area contributed by atoms with E-state index < -0.39 is 0 Å². The first kappa shape index (κ1) is 13.6. The molecule has 0 atom stereocenters. The number of ether oxygens (including phenoxy) is 1. The van der Waals surface area contributed by atoms with Crippen molar-refractivity contribution in [1.82, 2.24) is 15.2 Å². The summed E-state index contributed by atoms with van der Waals surface area (Å²) >= 11 is 0. The van der Waals surface area contributed by atoms with Crippen LogP contribution in [-0.2, 0) is 4.74 Å². The van der Waals surface area contributed by atoms with Crippen LogP contribution in [0.4, 0.5) is 0 Å². The molecule has 5 nitrogen and oxygen atoms in total. The maximum absolute atomic E-state index is 12.3. The zero-order chi connectivity index (χ0) is 15.8. The Morgan fingerprint density at radius 1 is 1.30 bits per heavy atom. The maximum atomic E-state index is 12.3. The fourth-order valence-electron chi connectivity index (χ4n) is 2.83. The minimum atomic E-state index is -0.356. The molecule has 4 aromatic rings. The molecule has 0 unspecified atom stereocenters. The van der Waals surface area contributed by atoms with Crippen molar-refractivity contribution in [1.29, 1.82) is 0 Å². The molecule has 0 fully saturated rings. The zero-order valence-corrected chi connectivity index (χ0v) is 12.5. The Labute approximate surface area is 132 Å². The Kier molecular flexibility index (Phi) is 3.12. The number of nitrogens with zero attached hydrogens (tertiary/aromatic N) is 1. The summed E-state index contributed by atoms with van der Waals surface area (Å²) in [5.41, 5.74) is 4.07. The molecule has 1 radical (unpaired) electrons. The van der Waals surface area contributed by atoms with Gasteiger partial charge >= 0.3 is 5.97 Å². The van der Waals surface area contributed by atoms with Gasteiger partial charge in [0, 0.05) is 21.9 Å². The first-order valence-corrected chi connectivity index (χ1v) is 7.40. The monoisotopic (exact) mass is 304 g/mol. The van der Waals surface area contributed by atoms with E-state index in [0.29, 0.717) is 12.3 Å². The van der Waals surface area contributed by atoms with Crippen LogP contribution in [-0.4, -0.2) is 27.8 Å². The van der Waals surface area contributed by atoms with Crippen LogP contribution >= 0.6 is 0 Å². The Morgan fingerprint density at radius 3 is 3.09 bits per heavy atom. The van der Waals surface area contributed by atoms with Crippen molar-refractivity contribution in [2.75, 3.05) is 6.61 Å². The number of aromatic amines is 2. The van der Waals surface area contributed by atoms with Crippen molar-refractivity contribution in [2.24, 2.45) is 0 Å². The van der Waals surface area contributed by atoms with E-state index in [1.54, 1.807) is 13.1 Å². The Morgan fingerprint density at radius 2 is 2.22 bits per heavy atom. The average Bonchev–Trinajstić information content (AvgIpc) is 3.18. The van der Waals surface area contributed by atoms with E-state index in [2.05, 4.69) is 21.2 Å². The first-order chi connectivity index (χ1) is 11.3. The number of carbonyl (C=O) groups is 1. The molecule has 2 aromatic heterocycles. The zero-order valence-electron chi connectivity index (χ0n) is 12.5. The lowest BCUT2D eigenvalue weighted by molar-refractivity contribution is 0.0521. The third kappa shape index (κ3) is 2.17. The number of H-pyrrole nitrogens is 2. The minimum absolute atomic E-state index is 0.334. The second-order valence-corrected chi connectivity index (χ2v) is 5.24. The highest BCUT2D eigenvalue weighted by molar-refractivity contribution is 6.08. The summed E-state index contributed by atoms with van der Waals surface area (Å²) in [6, 6.07) is 14.6. The van der Waals surface area contributed by atoms with E-state index in [1.165, 1.54) is 0 Å². The molecule has 2 N–H and O–H groups in total. The first-order valence-electron chi connectivity index (χ1n) is 7.40. The summed E-state index contributed by atoms with van der Waals surface area (Å²) in [6.45, 7) is 2.13. The Balaban J connectivity index is 1.99. The van der Waals surface area contributed by atoms with Crippen LogP contribution in [0.3, 0.4) is 0 Å². The van der Waals surface area contributed by atoms with Gasteiger partial charge in [-0.05, 0) is 42.8 Å². The summed E-state index contributed by atoms with van der Waals surface area (Å²) in [5.74, 6) is -0.356. The summed E-state index contributed by atoms with van der Waals surface area (Å²) < 4.78 is 5.19. The molecule has 2 heterocycles. The van der Waals surface area contributed by atoms with Gasteiger partial charge in [0.1, 0.15) is 5.69 Å². The van der Waals surface area contributed by atoms with Crippen LogP contribution in [0.15, 0.2) is 42.6 Å². The summed E-state index contributed by atoms with van der Waals surface area (Å²) in [6.07, 6.45) is 1.77. The van der Waals surface area contributed by atoms with Crippen LogP contribution in [0.25, 0.3) is 32.9 Å². The van der Waals surface area contributed by atoms with Crippen LogP contribution in [0.5, 0.6) is 0 Å². The van der Waals surface area contributed by atoms with Gasteiger partial charge in [0.2, 0.25) is 0 Å². The van der Waals surface area contributed by atoms with Gasteiger partial charge in [-0.15, -0.1) is 0 Å². The molecule has 113 valence electrons. The molecule has 0 amide bonds. The molecule has 4 rings (SSSR count). The van der Waals surface area contributed by atoms with Crippen LogP contribution < -0.4 is 0 Å². The number of rotatable bonds is 3. The standard InChI is InChI=1S/C18H14N3O2/c1-2-23-18(22)17-16(13-5-3-4-6-15(13)20-17)11-7-8-14-12(9-11)10-19-21-14/h4-10,20H,2H2,1H3,(H,19,21). The van der Waals surface area contributed by atoms with Crippen LogP contribution in [0.2, 0.25) is 0 Å². The second kappa shape index (κ2) is 5.28. The van der Waals surface area contributed by atoms with E-state index in [-0.39, 0.29) is 5.97 Å². The predicted molar refractivity (Wildman–Crippen MR) is 88.2 cm³/mol. The van der Waals surface area contributed by atoms with Crippen LogP contribution in [0.1, 0.15) is 17.4 Å². The van der Waals surface area contributed by atoms with E-state index in [1.807, 2.05) is 36.4 Å². The van der Waals surface area contributed by atoms with Crippen molar-refractivity contribution >= 4 is 27.8 Å². The number of hydrogen-bond acceptors (Lipinski definition) is 3. The topological polar surface area (TPSA) is 70.8 Å². The molecule has 5 heteroatoms. The molecular weight excluding hydrogens is 290 g/mol. The van der Waals surface area contributed by atoms with Crippen LogP contribution in [0, 0.1) is 6.07 Å². The molecule has 2 aromatic carbocycles. The molecule has 0 aliphatic rings. The van der Waals surface area contributed by atoms with E-state index in [0.717, 1.165) is 32.9 Å². The highest BCUT2D eigenvalue weighted by Gasteiger charge is 2.20. The fourth-order valence-corrected chi connectivity index (χ4v) is 2.83. The number of hydrogen-bond donors (Lipinski definition) is 2. The van der Waals surface area contributed by atoms with Gasteiger partial charge < -0.3 is 9.72 Å². The fraction of sp³-hybridized carbons (Fsp3) is 0.111. The second-order valence-electron chi connectivity index (χ2n) is 5.24. The van der Waals surface area contributed by atoms with E-state index in [4.69, 9.17) is 4.74 Å². The van der Waals surface area contributed by atoms with Crippen molar-refractivity contribution in [3.8, 4) is 11.1 Å². The summed E-state index contributed by atoms with van der Waals surface area (Å²) in [5, 5.41) is 8.91.